The van der Waals surface area contributed by atoms with E-state index in [4.69, 9.17) is 0 Å². The lowest BCUT2D eigenvalue weighted by molar-refractivity contribution is 0.0572. The van der Waals surface area contributed by atoms with Gasteiger partial charge in [0.05, 0.1) is 24.2 Å². The van der Waals surface area contributed by atoms with Gasteiger partial charge >= 0.3 is 0 Å². The molecule has 2 aliphatic heterocycles. The zero-order valence-electron chi connectivity index (χ0n) is 11.8. The maximum absolute atomic E-state index is 12.6. The maximum atomic E-state index is 12.6. The molecule has 2 aliphatic rings. The monoisotopic (exact) mass is 310 g/mol. The Balaban J connectivity index is 1.82. The van der Waals surface area contributed by atoms with Gasteiger partial charge in [-0.05, 0) is 24.8 Å². The van der Waals surface area contributed by atoms with Crippen molar-refractivity contribution in [2.45, 2.75) is 18.9 Å². The van der Waals surface area contributed by atoms with Crippen molar-refractivity contribution in [1.82, 2.24) is 19.4 Å². The van der Waals surface area contributed by atoms with Gasteiger partial charge in [0.15, 0.2) is 0 Å². The molecule has 0 saturated carbocycles. The Morgan fingerprint density at radius 1 is 1.33 bits per heavy atom. The number of hydrogen-bond acceptors (Lipinski definition) is 5. The molecule has 0 N–H and O–H groups in total. The number of sulfonamides is 1. The van der Waals surface area contributed by atoms with E-state index in [0.29, 0.717) is 25.2 Å². The van der Waals surface area contributed by atoms with Crippen LogP contribution in [0.2, 0.25) is 0 Å². The van der Waals surface area contributed by atoms with E-state index in [9.17, 15) is 13.2 Å². The Kier molecular flexibility index (Phi) is 3.66. The van der Waals surface area contributed by atoms with Gasteiger partial charge in [-0.3, -0.25) is 4.79 Å². The standard InChI is InChI=1S/C13H18N4O3S/c1-21(19,20)16-8-11-3-2-6-17(12(11)9-16)13(18)10-4-5-14-15-7-10/h4-5,7,11-12H,2-3,6,8-9H2,1H3/t11-,12+/m0/s1. The van der Waals surface area contributed by atoms with Crippen molar-refractivity contribution in [2.75, 3.05) is 25.9 Å². The normalized spacial score (nSPS) is 26.6. The maximum Gasteiger partial charge on any atom is 0.255 e. The first kappa shape index (κ1) is 14.4. The lowest BCUT2D eigenvalue weighted by Crippen LogP contribution is -2.48. The number of fused-ring (bicyclic) bond motifs is 1. The quantitative estimate of drug-likeness (QED) is 0.766. The van der Waals surface area contributed by atoms with Gasteiger partial charge in [0.1, 0.15) is 0 Å². The minimum absolute atomic E-state index is 0.0332. The van der Waals surface area contributed by atoms with Gasteiger partial charge in [0.2, 0.25) is 10.0 Å². The third-order valence-corrected chi connectivity index (χ3v) is 5.54. The van der Waals surface area contributed by atoms with Crippen molar-refractivity contribution in [3.8, 4) is 0 Å². The molecule has 1 amide bonds. The molecule has 8 heteroatoms. The van der Waals surface area contributed by atoms with Crippen LogP contribution in [0.5, 0.6) is 0 Å². The van der Waals surface area contributed by atoms with Crippen molar-refractivity contribution in [2.24, 2.45) is 5.92 Å². The summed E-state index contributed by atoms with van der Waals surface area (Å²) in [5.41, 5.74) is 0.503. The second kappa shape index (κ2) is 5.34. The Labute approximate surface area is 124 Å². The predicted molar refractivity (Wildman–Crippen MR) is 76.0 cm³/mol. The third kappa shape index (κ3) is 2.77. The molecule has 0 unspecified atom stereocenters. The van der Waals surface area contributed by atoms with Crippen molar-refractivity contribution in [3.63, 3.8) is 0 Å². The van der Waals surface area contributed by atoms with E-state index < -0.39 is 10.0 Å². The van der Waals surface area contributed by atoms with Gasteiger partial charge in [-0.2, -0.15) is 14.5 Å². The van der Waals surface area contributed by atoms with Crippen molar-refractivity contribution in [1.29, 1.82) is 0 Å². The van der Waals surface area contributed by atoms with Crippen LogP contribution in [-0.2, 0) is 10.0 Å². The number of aromatic nitrogens is 2. The van der Waals surface area contributed by atoms with Crippen LogP contribution in [0.25, 0.3) is 0 Å². The van der Waals surface area contributed by atoms with Crippen LogP contribution in [0.3, 0.4) is 0 Å². The molecule has 2 atom stereocenters. The summed E-state index contributed by atoms with van der Waals surface area (Å²) in [5, 5.41) is 7.41. The topological polar surface area (TPSA) is 83.5 Å². The van der Waals surface area contributed by atoms with E-state index in [2.05, 4.69) is 10.2 Å². The fraction of sp³-hybridized carbons (Fsp3) is 0.615. The average Bonchev–Trinajstić information content (AvgIpc) is 2.91. The molecule has 2 saturated heterocycles. The van der Waals surface area contributed by atoms with Gasteiger partial charge < -0.3 is 4.90 Å². The Morgan fingerprint density at radius 3 is 2.81 bits per heavy atom. The fourth-order valence-corrected chi connectivity index (χ4v) is 4.13. The summed E-state index contributed by atoms with van der Waals surface area (Å²) in [6.45, 7) is 1.58. The molecule has 0 bridgehead atoms. The highest BCUT2D eigenvalue weighted by molar-refractivity contribution is 7.88. The summed E-state index contributed by atoms with van der Waals surface area (Å²) < 4.78 is 24.9. The largest absolute Gasteiger partial charge is 0.334 e. The van der Waals surface area contributed by atoms with E-state index in [1.54, 1.807) is 11.0 Å². The van der Waals surface area contributed by atoms with Gasteiger partial charge in [-0.1, -0.05) is 0 Å². The van der Waals surface area contributed by atoms with E-state index in [1.807, 2.05) is 0 Å². The van der Waals surface area contributed by atoms with Gasteiger partial charge in [-0.15, -0.1) is 0 Å². The molecule has 1 aromatic heterocycles. The van der Waals surface area contributed by atoms with E-state index >= 15 is 0 Å². The zero-order chi connectivity index (χ0) is 15.0. The average molecular weight is 310 g/mol. The number of hydrogen-bond donors (Lipinski definition) is 0. The molecular weight excluding hydrogens is 292 g/mol. The van der Waals surface area contributed by atoms with E-state index in [0.717, 1.165) is 12.8 Å². The lowest BCUT2D eigenvalue weighted by Gasteiger charge is -2.36. The first-order valence-corrected chi connectivity index (χ1v) is 8.84. The highest BCUT2D eigenvalue weighted by atomic mass is 32.2. The molecule has 0 aromatic carbocycles. The molecule has 7 nitrogen and oxygen atoms in total. The molecule has 21 heavy (non-hydrogen) atoms. The highest BCUT2D eigenvalue weighted by Gasteiger charge is 2.43. The predicted octanol–water partition coefficient (Wildman–Crippen LogP) is -0.0274. The third-order valence-electron chi connectivity index (χ3n) is 4.31. The number of carbonyl (C=O) groups excluding carboxylic acids is 1. The minimum atomic E-state index is -3.20. The lowest BCUT2D eigenvalue weighted by atomic mass is 9.91. The van der Waals surface area contributed by atoms with Gasteiger partial charge in [0.25, 0.3) is 5.91 Å². The molecule has 2 fully saturated rings. The van der Waals surface area contributed by atoms with Crippen LogP contribution in [-0.4, -0.2) is 65.7 Å². The van der Waals surface area contributed by atoms with Crippen LogP contribution in [0.15, 0.2) is 18.5 Å². The number of rotatable bonds is 2. The van der Waals surface area contributed by atoms with Crippen LogP contribution >= 0.6 is 0 Å². The Morgan fingerprint density at radius 2 is 2.14 bits per heavy atom. The Bertz CT molecular complexity index is 634. The number of likely N-dealkylation sites (tertiary alicyclic amines) is 1. The molecule has 3 heterocycles. The first-order valence-electron chi connectivity index (χ1n) is 6.99. The van der Waals surface area contributed by atoms with Crippen molar-refractivity contribution in [3.05, 3.63) is 24.0 Å². The number of amides is 1. The molecular formula is C13H18N4O3S. The highest BCUT2D eigenvalue weighted by Crippen LogP contribution is 2.32. The summed E-state index contributed by atoms with van der Waals surface area (Å²) >= 11 is 0. The number of piperidine rings is 1. The second-order valence-electron chi connectivity index (χ2n) is 5.68. The summed E-state index contributed by atoms with van der Waals surface area (Å²) in [6.07, 6.45) is 6.04. The number of carbonyl (C=O) groups is 1. The molecule has 1 aromatic rings. The van der Waals surface area contributed by atoms with Gasteiger partial charge in [0, 0.05) is 25.7 Å². The summed E-state index contributed by atoms with van der Waals surface area (Å²) in [5.74, 6) is 0.141. The molecule has 3 rings (SSSR count). The summed E-state index contributed by atoms with van der Waals surface area (Å²) in [7, 11) is -3.20. The smallest absolute Gasteiger partial charge is 0.255 e. The van der Waals surface area contributed by atoms with Crippen LogP contribution in [0, 0.1) is 5.92 Å². The fourth-order valence-electron chi connectivity index (χ4n) is 3.25. The second-order valence-corrected chi connectivity index (χ2v) is 7.66. The van der Waals surface area contributed by atoms with E-state index in [-0.39, 0.29) is 17.9 Å². The van der Waals surface area contributed by atoms with Crippen LogP contribution in [0.1, 0.15) is 23.2 Å². The van der Waals surface area contributed by atoms with E-state index in [1.165, 1.54) is 23.0 Å². The first-order chi connectivity index (χ1) is 9.97. The van der Waals surface area contributed by atoms with Crippen molar-refractivity contribution >= 4 is 15.9 Å². The molecule has 0 radical (unpaired) electrons. The molecule has 0 spiro atoms. The minimum Gasteiger partial charge on any atom is -0.334 e. The van der Waals surface area contributed by atoms with Crippen LogP contribution in [0.4, 0.5) is 0 Å². The summed E-state index contributed by atoms with van der Waals surface area (Å²) in [6, 6.07) is 1.61. The SMILES string of the molecule is CS(=O)(=O)N1C[C@@H]2CCCN(C(=O)c3ccnnc3)[C@@H]2C1. The van der Waals surface area contributed by atoms with Crippen LogP contribution < -0.4 is 0 Å². The summed E-state index contributed by atoms with van der Waals surface area (Å²) in [4.78, 5) is 14.4. The Hall–Kier alpha value is -1.54. The zero-order valence-corrected chi connectivity index (χ0v) is 12.7. The van der Waals surface area contributed by atoms with Gasteiger partial charge in [-0.25, -0.2) is 8.42 Å². The molecule has 114 valence electrons. The molecule has 0 aliphatic carbocycles. The van der Waals surface area contributed by atoms with Crippen molar-refractivity contribution < 1.29 is 13.2 Å². The number of nitrogens with zero attached hydrogens (tertiary/aromatic N) is 4.